The lowest BCUT2D eigenvalue weighted by Crippen LogP contribution is -2.47. The molecule has 0 radical (unpaired) electrons. The number of nitrogens with zero attached hydrogens (tertiary/aromatic N) is 1. The fourth-order valence-electron chi connectivity index (χ4n) is 13.1. The average Bonchev–Trinajstić information content (AvgIpc) is 3.28. The Morgan fingerprint density at radius 1 is 0.507 bits per heavy atom. The van der Waals surface area contributed by atoms with Crippen LogP contribution in [0, 0.1) is 34.0 Å². The van der Waals surface area contributed by atoms with Gasteiger partial charge in [0.05, 0.1) is 32.7 Å². The van der Waals surface area contributed by atoms with Gasteiger partial charge in [-0.25, -0.2) is 0 Å². The highest BCUT2D eigenvalue weighted by atomic mass is 16.5. The zero-order chi connectivity index (χ0) is 49.1. The van der Waals surface area contributed by atoms with Crippen LogP contribution in [-0.2, 0) is 28.6 Å². The number of allylic oxidation sites excluding steroid dienone is 2. The molecule has 4 atom stereocenters. The number of fused-ring (bicyclic) bond motifs is 2. The minimum Gasteiger partial charge on any atom is -0.466 e. The number of hydrogen-bond donors (Lipinski definition) is 0. The van der Waals surface area contributed by atoms with Crippen molar-refractivity contribution in [2.75, 3.05) is 39.5 Å². The molecule has 2 saturated carbocycles. The molecule has 2 rings (SSSR count). The molecule has 0 saturated heterocycles. The van der Waals surface area contributed by atoms with Crippen molar-refractivity contribution in [1.29, 1.82) is 0 Å². The van der Waals surface area contributed by atoms with Gasteiger partial charge in [-0.3, -0.25) is 14.4 Å². The van der Waals surface area contributed by atoms with Crippen molar-refractivity contribution in [2.45, 2.75) is 267 Å². The lowest BCUT2D eigenvalue weighted by molar-refractivity contribution is -0.144. The van der Waals surface area contributed by atoms with Gasteiger partial charge in [-0.15, -0.1) is 0 Å². The molecule has 67 heavy (non-hydrogen) atoms. The predicted octanol–water partition coefficient (Wildman–Crippen LogP) is 16.9. The number of carbonyl (C=O) groups excluding carboxylic acids is 3. The molecule has 0 aromatic heterocycles. The van der Waals surface area contributed by atoms with E-state index in [4.69, 9.17) is 14.2 Å². The maximum absolute atomic E-state index is 12.8. The second kappa shape index (κ2) is 36.7. The quantitative estimate of drug-likeness (QED) is 0.0261. The summed E-state index contributed by atoms with van der Waals surface area (Å²) in [7, 11) is 0. The molecule has 2 aliphatic carbocycles. The SMILES string of the molecule is CCCC(CCC)CCCCC/C=C/CC(=O)OCCCC1(C)CC2CC(C)(CCCOC(=O)CCCN(CC)CC)CC(CCCOC(=O)C/C=C/CCCCCC(CCC)CCC)(C2)C1. The first-order valence-corrected chi connectivity index (χ1v) is 28.9. The summed E-state index contributed by atoms with van der Waals surface area (Å²) in [6.45, 7) is 23.0. The fraction of sp³-hybridized carbons (Fsp3) is 0.883. The van der Waals surface area contributed by atoms with E-state index < -0.39 is 0 Å². The maximum atomic E-state index is 12.8. The minimum atomic E-state index is -0.114. The Kier molecular flexibility index (Phi) is 33.4. The van der Waals surface area contributed by atoms with Crippen LogP contribution in [0.3, 0.4) is 0 Å². The first-order valence-electron chi connectivity index (χ1n) is 28.9. The van der Waals surface area contributed by atoms with E-state index in [2.05, 4.69) is 72.4 Å². The average molecular weight is 941 g/mol. The van der Waals surface area contributed by atoms with Gasteiger partial charge in [0.25, 0.3) is 0 Å². The molecule has 4 unspecified atom stereocenters. The van der Waals surface area contributed by atoms with Crippen LogP contribution in [0.1, 0.15) is 267 Å². The van der Waals surface area contributed by atoms with E-state index in [1.807, 2.05) is 12.2 Å². The second-order valence-electron chi connectivity index (χ2n) is 22.6. The molecule has 7 heteroatoms. The summed E-state index contributed by atoms with van der Waals surface area (Å²) in [5.74, 6) is 2.15. The lowest BCUT2D eigenvalue weighted by Gasteiger charge is -2.58. The molecule has 0 aliphatic heterocycles. The van der Waals surface area contributed by atoms with Gasteiger partial charge in [-0.05, 0) is 156 Å². The van der Waals surface area contributed by atoms with Crippen molar-refractivity contribution in [3.63, 3.8) is 0 Å². The summed E-state index contributed by atoms with van der Waals surface area (Å²) in [5, 5.41) is 0. The molecular weight excluding hydrogens is 831 g/mol. The summed E-state index contributed by atoms with van der Waals surface area (Å²) in [6.07, 6.45) is 45.4. The van der Waals surface area contributed by atoms with E-state index >= 15 is 0 Å². The van der Waals surface area contributed by atoms with Crippen molar-refractivity contribution in [1.82, 2.24) is 4.90 Å². The monoisotopic (exact) mass is 940 g/mol. The normalized spacial score (nSPS) is 21.9. The third kappa shape index (κ3) is 28.3. The predicted molar refractivity (Wildman–Crippen MR) is 283 cm³/mol. The molecular formula is C60H109NO6. The molecule has 2 aliphatic rings. The number of ether oxygens (including phenoxy) is 3. The van der Waals surface area contributed by atoms with Crippen molar-refractivity contribution < 1.29 is 28.6 Å². The third-order valence-corrected chi connectivity index (χ3v) is 15.8. The van der Waals surface area contributed by atoms with E-state index in [0.29, 0.717) is 45.0 Å². The molecule has 0 heterocycles. The van der Waals surface area contributed by atoms with Gasteiger partial charge in [-0.1, -0.05) is 170 Å². The van der Waals surface area contributed by atoms with Crippen LogP contribution >= 0.6 is 0 Å². The van der Waals surface area contributed by atoms with Crippen molar-refractivity contribution in [3.05, 3.63) is 24.3 Å². The van der Waals surface area contributed by atoms with Gasteiger partial charge in [0.1, 0.15) is 0 Å². The van der Waals surface area contributed by atoms with E-state index in [1.54, 1.807) is 0 Å². The highest BCUT2D eigenvalue weighted by Crippen LogP contribution is 2.64. The number of esters is 3. The maximum Gasteiger partial charge on any atom is 0.309 e. The first kappa shape index (κ1) is 61.0. The Morgan fingerprint density at radius 3 is 1.37 bits per heavy atom. The van der Waals surface area contributed by atoms with Gasteiger partial charge < -0.3 is 19.1 Å². The zero-order valence-corrected chi connectivity index (χ0v) is 45.5. The molecule has 2 bridgehead atoms. The summed E-state index contributed by atoms with van der Waals surface area (Å²) < 4.78 is 17.3. The number of hydrogen-bond acceptors (Lipinski definition) is 7. The zero-order valence-electron chi connectivity index (χ0n) is 45.5. The Bertz CT molecular complexity index is 1330. The Labute approximate surface area is 414 Å². The molecule has 0 aromatic carbocycles. The Balaban J connectivity index is 1.86. The van der Waals surface area contributed by atoms with Crippen LogP contribution in [0.15, 0.2) is 24.3 Å². The van der Waals surface area contributed by atoms with E-state index in [1.165, 1.54) is 122 Å². The molecule has 0 spiro atoms. The molecule has 7 nitrogen and oxygen atoms in total. The van der Waals surface area contributed by atoms with Crippen LogP contribution in [0.25, 0.3) is 0 Å². The molecule has 390 valence electrons. The molecule has 0 N–H and O–H groups in total. The van der Waals surface area contributed by atoms with E-state index in [0.717, 1.165) is 102 Å². The van der Waals surface area contributed by atoms with E-state index in [-0.39, 0.29) is 34.2 Å². The van der Waals surface area contributed by atoms with Crippen LogP contribution in [0.2, 0.25) is 0 Å². The summed E-state index contributed by atoms with van der Waals surface area (Å²) >= 11 is 0. The topological polar surface area (TPSA) is 82.1 Å². The Hall–Kier alpha value is -2.15. The molecule has 2 fully saturated rings. The highest BCUT2D eigenvalue weighted by Gasteiger charge is 2.52. The van der Waals surface area contributed by atoms with Gasteiger partial charge in [-0.2, -0.15) is 0 Å². The summed E-state index contributed by atoms with van der Waals surface area (Å²) in [4.78, 5) is 40.3. The fourth-order valence-corrected chi connectivity index (χ4v) is 13.1. The van der Waals surface area contributed by atoms with Crippen LogP contribution in [0.5, 0.6) is 0 Å². The number of rotatable bonds is 42. The van der Waals surface area contributed by atoms with Gasteiger partial charge >= 0.3 is 17.9 Å². The van der Waals surface area contributed by atoms with Crippen molar-refractivity contribution >= 4 is 17.9 Å². The molecule has 0 amide bonds. The van der Waals surface area contributed by atoms with E-state index in [9.17, 15) is 14.4 Å². The standard InChI is InChI=1S/C60H109NO6/c1-9-31-52(32-10-2)35-23-19-15-17-21-25-37-55(62)65-44-28-40-58(7)47-54-48-59(8,41-29-45-66-57(64)39-27-43-61(13-5)14-6)51-60(49-54,50-58)42-30-46-67-56(63)38-26-22-18-16-20-24-36-53(33-11-3)34-12-4/h21-22,25-26,52-54H,9-20,23-24,27-51H2,1-8H3/b25-21+,26-22+. The number of carbonyl (C=O) groups is 3. The van der Waals surface area contributed by atoms with Crippen molar-refractivity contribution in [3.8, 4) is 0 Å². The van der Waals surface area contributed by atoms with Gasteiger partial charge in [0.2, 0.25) is 0 Å². The lowest BCUT2D eigenvalue weighted by atomic mass is 9.47. The third-order valence-electron chi connectivity index (χ3n) is 15.8. The van der Waals surface area contributed by atoms with Gasteiger partial charge in [0.15, 0.2) is 0 Å². The second-order valence-corrected chi connectivity index (χ2v) is 22.6. The minimum absolute atomic E-state index is 0.0648. The van der Waals surface area contributed by atoms with Crippen LogP contribution in [-0.4, -0.2) is 62.3 Å². The first-order chi connectivity index (χ1) is 32.4. The van der Waals surface area contributed by atoms with Crippen LogP contribution in [0.4, 0.5) is 0 Å². The number of unbranched alkanes of at least 4 members (excludes halogenated alkanes) is 6. The smallest absolute Gasteiger partial charge is 0.309 e. The summed E-state index contributed by atoms with van der Waals surface area (Å²) in [6, 6.07) is 0. The molecule has 0 aromatic rings. The Morgan fingerprint density at radius 2 is 0.940 bits per heavy atom. The van der Waals surface area contributed by atoms with Crippen molar-refractivity contribution in [2.24, 2.45) is 34.0 Å². The summed E-state index contributed by atoms with van der Waals surface area (Å²) in [5.41, 5.74) is 0.584. The largest absolute Gasteiger partial charge is 0.466 e. The van der Waals surface area contributed by atoms with Gasteiger partial charge in [0, 0.05) is 6.42 Å². The van der Waals surface area contributed by atoms with Crippen LogP contribution < -0.4 is 0 Å². The highest BCUT2D eigenvalue weighted by molar-refractivity contribution is 5.71.